The molecule has 2 heterocycles. The fourth-order valence-electron chi connectivity index (χ4n) is 2.17. The second-order valence-electron chi connectivity index (χ2n) is 4.74. The smallest absolute Gasteiger partial charge is 0.304 e. The zero-order chi connectivity index (χ0) is 14.5. The summed E-state index contributed by atoms with van der Waals surface area (Å²) in [7, 11) is 0. The Balaban J connectivity index is 1.87. The Morgan fingerprint density at radius 2 is 1.95 bits per heavy atom. The van der Waals surface area contributed by atoms with E-state index < -0.39 is 11.9 Å². The van der Waals surface area contributed by atoms with Crippen LogP contribution < -0.4 is 10.6 Å². The molecule has 0 spiro atoms. The monoisotopic (exact) mass is 278 g/mol. The van der Waals surface area contributed by atoms with Crippen molar-refractivity contribution >= 4 is 17.7 Å². The van der Waals surface area contributed by atoms with Crippen LogP contribution in [0.25, 0.3) is 0 Å². The van der Waals surface area contributed by atoms with Crippen LogP contribution in [0.4, 0.5) is 5.82 Å². The van der Waals surface area contributed by atoms with Crippen LogP contribution in [0, 0.1) is 0 Å². The average Bonchev–Trinajstić information content (AvgIpc) is 2.46. The molecule has 0 unspecified atom stereocenters. The van der Waals surface area contributed by atoms with Crippen LogP contribution in [0.5, 0.6) is 0 Å². The van der Waals surface area contributed by atoms with Crippen LogP contribution in [0.2, 0.25) is 0 Å². The van der Waals surface area contributed by atoms with Crippen LogP contribution in [-0.4, -0.2) is 59.6 Å². The molecule has 20 heavy (non-hydrogen) atoms. The summed E-state index contributed by atoms with van der Waals surface area (Å²) in [5.74, 6) is -0.438. The van der Waals surface area contributed by atoms with Gasteiger partial charge in [0.05, 0.1) is 12.0 Å². The number of carboxylic acid groups (broad SMARTS) is 1. The molecule has 108 valence electrons. The van der Waals surface area contributed by atoms with Gasteiger partial charge in [0.1, 0.15) is 5.82 Å². The topological polar surface area (TPSA) is 99.8 Å². The van der Waals surface area contributed by atoms with Gasteiger partial charge in [0.25, 0.3) is 0 Å². The Labute approximate surface area is 117 Å². The molecule has 1 aliphatic heterocycles. The number of aliphatic carboxylic acids is 1. The van der Waals surface area contributed by atoms with Gasteiger partial charge in [0.2, 0.25) is 5.91 Å². The maximum atomic E-state index is 11.0. The van der Waals surface area contributed by atoms with Gasteiger partial charge < -0.3 is 15.7 Å². The molecular weight excluding hydrogens is 260 g/mol. The first-order valence-corrected chi connectivity index (χ1v) is 6.51. The first-order chi connectivity index (χ1) is 9.56. The van der Waals surface area contributed by atoms with E-state index in [9.17, 15) is 9.59 Å². The Hall–Kier alpha value is -2.15. The molecule has 0 bridgehead atoms. The van der Waals surface area contributed by atoms with Crippen LogP contribution in [0.1, 0.15) is 16.8 Å². The van der Waals surface area contributed by atoms with E-state index in [0.29, 0.717) is 12.1 Å². The number of rotatable bonds is 5. The number of hydrogen-bond donors (Lipinski definition) is 2. The highest BCUT2D eigenvalue weighted by molar-refractivity contribution is 5.92. The summed E-state index contributed by atoms with van der Waals surface area (Å²) in [5, 5.41) is 8.66. The molecule has 1 aromatic rings. The van der Waals surface area contributed by atoms with E-state index >= 15 is 0 Å². The van der Waals surface area contributed by atoms with Crippen molar-refractivity contribution in [2.75, 3.05) is 37.6 Å². The highest BCUT2D eigenvalue weighted by Crippen LogP contribution is 2.14. The van der Waals surface area contributed by atoms with Gasteiger partial charge in [-0.1, -0.05) is 0 Å². The Bertz CT molecular complexity index is 481. The van der Waals surface area contributed by atoms with Crippen molar-refractivity contribution in [3.05, 3.63) is 23.9 Å². The van der Waals surface area contributed by atoms with E-state index in [1.165, 1.54) is 6.20 Å². The van der Waals surface area contributed by atoms with Crippen molar-refractivity contribution in [2.24, 2.45) is 5.73 Å². The summed E-state index contributed by atoms with van der Waals surface area (Å²) in [4.78, 5) is 30.0. The lowest BCUT2D eigenvalue weighted by Crippen LogP contribution is -2.47. The van der Waals surface area contributed by atoms with Crippen molar-refractivity contribution in [2.45, 2.75) is 6.42 Å². The van der Waals surface area contributed by atoms with E-state index in [4.69, 9.17) is 10.8 Å². The minimum absolute atomic E-state index is 0.172. The van der Waals surface area contributed by atoms with Crippen molar-refractivity contribution in [3.8, 4) is 0 Å². The van der Waals surface area contributed by atoms with Gasteiger partial charge in [-0.15, -0.1) is 0 Å². The van der Waals surface area contributed by atoms with E-state index in [0.717, 1.165) is 32.0 Å². The average molecular weight is 278 g/mol. The molecular formula is C13H18N4O3. The maximum Gasteiger partial charge on any atom is 0.304 e. The lowest BCUT2D eigenvalue weighted by molar-refractivity contribution is -0.137. The molecule has 3 N–H and O–H groups in total. The molecule has 1 aliphatic rings. The fourth-order valence-corrected chi connectivity index (χ4v) is 2.17. The number of nitrogens with zero attached hydrogens (tertiary/aromatic N) is 3. The largest absolute Gasteiger partial charge is 0.481 e. The van der Waals surface area contributed by atoms with Crippen molar-refractivity contribution in [1.82, 2.24) is 9.88 Å². The molecule has 0 atom stereocenters. The lowest BCUT2D eigenvalue weighted by atomic mass is 10.2. The summed E-state index contributed by atoms with van der Waals surface area (Å²) in [6.07, 6.45) is 1.65. The predicted molar refractivity (Wildman–Crippen MR) is 73.7 cm³/mol. The van der Waals surface area contributed by atoms with Crippen molar-refractivity contribution in [1.29, 1.82) is 0 Å². The highest BCUT2D eigenvalue weighted by atomic mass is 16.4. The molecule has 1 amide bonds. The van der Waals surface area contributed by atoms with E-state index in [1.54, 1.807) is 12.1 Å². The van der Waals surface area contributed by atoms with Crippen LogP contribution in [0.15, 0.2) is 18.3 Å². The normalized spacial score (nSPS) is 16.1. The number of piperazine rings is 1. The third-order valence-corrected chi connectivity index (χ3v) is 3.37. The number of carbonyl (C=O) groups is 2. The second-order valence-corrected chi connectivity index (χ2v) is 4.74. The molecule has 1 fully saturated rings. The van der Waals surface area contributed by atoms with Gasteiger partial charge >= 0.3 is 5.97 Å². The quantitative estimate of drug-likeness (QED) is 0.772. The summed E-state index contributed by atoms with van der Waals surface area (Å²) < 4.78 is 0. The van der Waals surface area contributed by atoms with Gasteiger partial charge in [0.15, 0.2) is 0 Å². The van der Waals surface area contributed by atoms with Crippen molar-refractivity contribution in [3.63, 3.8) is 0 Å². The zero-order valence-corrected chi connectivity index (χ0v) is 11.2. The van der Waals surface area contributed by atoms with Crippen molar-refractivity contribution < 1.29 is 14.7 Å². The number of anilines is 1. The second kappa shape index (κ2) is 6.33. The lowest BCUT2D eigenvalue weighted by Gasteiger charge is -2.35. The minimum Gasteiger partial charge on any atom is -0.481 e. The van der Waals surface area contributed by atoms with Crippen LogP contribution in [-0.2, 0) is 4.79 Å². The van der Waals surface area contributed by atoms with Crippen LogP contribution >= 0.6 is 0 Å². The number of primary amides is 1. The number of carboxylic acids is 1. The third-order valence-electron chi connectivity index (χ3n) is 3.37. The standard InChI is InChI=1S/C13H18N4O3/c14-13(20)10-1-2-11(15-9-10)17-7-5-16(6-8-17)4-3-12(18)19/h1-2,9H,3-8H2,(H2,14,20)(H,18,19). The van der Waals surface area contributed by atoms with Gasteiger partial charge in [-0.3, -0.25) is 14.5 Å². The Morgan fingerprint density at radius 1 is 1.25 bits per heavy atom. The highest BCUT2D eigenvalue weighted by Gasteiger charge is 2.18. The molecule has 2 rings (SSSR count). The first-order valence-electron chi connectivity index (χ1n) is 6.51. The number of nitrogens with two attached hydrogens (primary N) is 1. The molecule has 0 radical (unpaired) electrons. The van der Waals surface area contributed by atoms with E-state index in [2.05, 4.69) is 14.8 Å². The van der Waals surface area contributed by atoms with Crippen LogP contribution in [0.3, 0.4) is 0 Å². The fraction of sp³-hybridized carbons (Fsp3) is 0.462. The van der Waals surface area contributed by atoms with Gasteiger partial charge in [-0.25, -0.2) is 4.98 Å². The molecule has 7 heteroatoms. The third kappa shape index (κ3) is 3.67. The van der Waals surface area contributed by atoms with E-state index in [1.807, 2.05) is 0 Å². The minimum atomic E-state index is -0.767. The maximum absolute atomic E-state index is 11.0. The van der Waals surface area contributed by atoms with Gasteiger partial charge in [0, 0.05) is 38.9 Å². The Kier molecular flexibility index (Phi) is 4.52. The number of aromatic nitrogens is 1. The molecule has 0 saturated carbocycles. The molecule has 1 aromatic heterocycles. The predicted octanol–water partition coefficient (Wildman–Crippen LogP) is -0.223. The molecule has 7 nitrogen and oxygen atoms in total. The summed E-state index contributed by atoms with van der Waals surface area (Å²) in [6, 6.07) is 3.45. The zero-order valence-electron chi connectivity index (χ0n) is 11.2. The molecule has 1 saturated heterocycles. The van der Waals surface area contributed by atoms with Gasteiger partial charge in [-0.2, -0.15) is 0 Å². The van der Waals surface area contributed by atoms with E-state index in [-0.39, 0.29) is 6.42 Å². The number of amides is 1. The molecule has 0 aromatic carbocycles. The summed E-state index contributed by atoms with van der Waals surface area (Å²) in [5.41, 5.74) is 5.57. The Morgan fingerprint density at radius 3 is 2.45 bits per heavy atom. The number of pyridine rings is 1. The SMILES string of the molecule is NC(=O)c1ccc(N2CCN(CCC(=O)O)CC2)nc1. The number of carbonyl (C=O) groups excluding carboxylic acids is 1. The summed E-state index contributed by atoms with van der Waals surface area (Å²) in [6.45, 7) is 3.79. The summed E-state index contributed by atoms with van der Waals surface area (Å²) >= 11 is 0. The first kappa shape index (κ1) is 14.3. The molecule has 0 aliphatic carbocycles. The van der Waals surface area contributed by atoms with Gasteiger partial charge in [-0.05, 0) is 12.1 Å². The number of hydrogen-bond acceptors (Lipinski definition) is 5.